The van der Waals surface area contributed by atoms with Gasteiger partial charge in [-0.15, -0.1) is 0 Å². The minimum Gasteiger partial charge on any atom is -0.447 e. The Balaban J connectivity index is 1.39. The van der Waals surface area contributed by atoms with Crippen molar-refractivity contribution in [2.24, 2.45) is 5.10 Å². The fraction of sp³-hybridized carbons (Fsp3) is 0.241. The number of nitrogens with zero attached hydrogens (tertiary/aromatic N) is 2. The first-order valence-electron chi connectivity index (χ1n) is 12.0. The highest BCUT2D eigenvalue weighted by molar-refractivity contribution is 6.02. The average molecular weight is 484 g/mol. The molecule has 0 saturated carbocycles. The molecule has 1 unspecified atom stereocenters. The maximum Gasteiger partial charge on any atom is 0.307 e. The fourth-order valence-corrected chi connectivity index (χ4v) is 3.97. The lowest BCUT2D eigenvalue weighted by atomic mass is 10.1. The Labute approximate surface area is 210 Å². The maximum atomic E-state index is 13.1. The smallest absolute Gasteiger partial charge is 0.307 e. The van der Waals surface area contributed by atoms with Crippen LogP contribution in [-0.2, 0) is 19.1 Å². The first-order valence-corrected chi connectivity index (χ1v) is 12.0. The van der Waals surface area contributed by atoms with Crippen LogP contribution in [-0.4, -0.2) is 35.0 Å². The standard InChI is InChI=1S/C29H29N3O4/c1-20-13-14-21(2)25(19-20)30-29(35)28(23-11-7-4-8-12-23)36-27(34)16-15-26(33)32-18-17-24(31-32)22-9-5-3-6-10-22/h3-14,19,28H,15-18H2,1-2H3,(H,30,35). The van der Waals surface area contributed by atoms with E-state index in [0.29, 0.717) is 24.2 Å². The van der Waals surface area contributed by atoms with Crippen molar-refractivity contribution in [1.29, 1.82) is 0 Å². The van der Waals surface area contributed by atoms with Crippen molar-refractivity contribution in [2.75, 3.05) is 11.9 Å². The normalized spacial score (nSPS) is 13.6. The van der Waals surface area contributed by atoms with Crippen LogP contribution >= 0.6 is 0 Å². The van der Waals surface area contributed by atoms with Crippen molar-refractivity contribution < 1.29 is 19.1 Å². The quantitative estimate of drug-likeness (QED) is 0.460. The van der Waals surface area contributed by atoms with E-state index < -0.39 is 18.0 Å². The Bertz CT molecular complexity index is 1270. The van der Waals surface area contributed by atoms with Crippen LogP contribution in [0.15, 0.2) is 84.0 Å². The molecule has 0 saturated heterocycles. The van der Waals surface area contributed by atoms with Gasteiger partial charge in [-0.25, -0.2) is 5.01 Å². The molecule has 4 rings (SSSR count). The summed E-state index contributed by atoms with van der Waals surface area (Å²) in [6, 6.07) is 24.3. The number of aryl methyl sites for hydroxylation is 2. The van der Waals surface area contributed by atoms with Crippen molar-refractivity contribution >= 4 is 29.2 Å². The van der Waals surface area contributed by atoms with Crippen molar-refractivity contribution in [1.82, 2.24) is 5.01 Å². The van der Waals surface area contributed by atoms with Gasteiger partial charge < -0.3 is 10.1 Å². The molecule has 1 heterocycles. The van der Waals surface area contributed by atoms with Gasteiger partial charge in [-0.3, -0.25) is 14.4 Å². The molecule has 2 amide bonds. The molecule has 0 aromatic heterocycles. The summed E-state index contributed by atoms with van der Waals surface area (Å²) in [5, 5.41) is 8.70. The van der Waals surface area contributed by atoms with E-state index in [1.165, 1.54) is 5.01 Å². The zero-order valence-electron chi connectivity index (χ0n) is 20.4. The molecule has 0 bridgehead atoms. The molecule has 0 radical (unpaired) electrons. The van der Waals surface area contributed by atoms with E-state index in [0.717, 1.165) is 22.4 Å². The molecular weight excluding hydrogens is 454 g/mol. The predicted molar refractivity (Wildman–Crippen MR) is 138 cm³/mol. The third-order valence-corrected chi connectivity index (χ3v) is 5.98. The highest BCUT2D eigenvalue weighted by atomic mass is 16.5. The number of carbonyl (C=O) groups excluding carboxylic acids is 3. The second-order valence-corrected chi connectivity index (χ2v) is 8.77. The van der Waals surface area contributed by atoms with Crippen LogP contribution < -0.4 is 5.32 Å². The van der Waals surface area contributed by atoms with Crippen molar-refractivity contribution in [2.45, 2.75) is 39.2 Å². The lowest BCUT2D eigenvalue weighted by Gasteiger charge is -2.19. The van der Waals surface area contributed by atoms with E-state index in [1.807, 2.05) is 68.4 Å². The molecule has 1 aliphatic heterocycles. The molecule has 3 aromatic rings. The van der Waals surface area contributed by atoms with Crippen LogP contribution in [0.2, 0.25) is 0 Å². The number of hydrogen-bond acceptors (Lipinski definition) is 5. The number of hydrazone groups is 1. The molecule has 1 atom stereocenters. The highest BCUT2D eigenvalue weighted by Gasteiger charge is 2.27. The highest BCUT2D eigenvalue weighted by Crippen LogP contribution is 2.23. The van der Waals surface area contributed by atoms with Gasteiger partial charge in [-0.1, -0.05) is 72.8 Å². The van der Waals surface area contributed by atoms with Crippen molar-refractivity contribution in [3.8, 4) is 0 Å². The van der Waals surface area contributed by atoms with E-state index in [-0.39, 0.29) is 18.7 Å². The number of anilines is 1. The van der Waals surface area contributed by atoms with Crippen LogP contribution in [0.4, 0.5) is 5.69 Å². The summed E-state index contributed by atoms with van der Waals surface area (Å²) in [4.78, 5) is 38.5. The third-order valence-electron chi connectivity index (χ3n) is 5.98. The first kappa shape index (κ1) is 24.9. The second-order valence-electron chi connectivity index (χ2n) is 8.77. The van der Waals surface area contributed by atoms with Gasteiger partial charge in [0.2, 0.25) is 12.0 Å². The lowest BCUT2D eigenvalue weighted by molar-refractivity contribution is -0.155. The predicted octanol–water partition coefficient (Wildman–Crippen LogP) is 4.94. The minimum absolute atomic E-state index is 0.0511. The maximum absolute atomic E-state index is 13.1. The summed E-state index contributed by atoms with van der Waals surface area (Å²) >= 11 is 0. The van der Waals surface area contributed by atoms with Gasteiger partial charge in [0.1, 0.15) is 0 Å². The monoisotopic (exact) mass is 483 g/mol. The van der Waals surface area contributed by atoms with Gasteiger partial charge >= 0.3 is 5.97 Å². The zero-order chi connectivity index (χ0) is 25.5. The van der Waals surface area contributed by atoms with Gasteiger partial charge in [0.25, 0.3) is 5.91 Å². The zero-order valence-corrected chi connectivity index (χ0v) is 20.4. The fourth-order valence-electron chi connectivity index (χ4n) is 3.97. The van der Waals surface area contributed by atoms with E-state index in [9.17, 15) is 14.4 Å². The van der Waals surface area contributed by atoms with Crippen LogP contribution in [0.5, 0.6) is 0 Å². The topological polar surface area (TPSA) is 88.1 Å². The Morgan fingerprint density at radius 1 is 0.944 bits per heavy atom. The van der Waals surface area contributed by atoms with Gasteiger partial charge in [0, 0.05) is 24.1 Å². The molecule has 36 heavy (non-hydrogen) atoms. The third kappa shape index (κ3) is 6.24. The Morgan fingerprint density at radius 2 is 1.64 bits per heavy atom. The number of nitrogens with one attached hydrogen (secondary N) is 1. The molecule has 184 valence electrons. The summed E-state index contributed by atoms with van der Waals surface area (Å²) in [6.45, 7) is 4.31. The average Bonchev–Trinajstić information content (AvgIpc) is 3.39. The van der Waals surface area contributed by atoms with Crippen LogP contribution in [0.3, 0.4) is 0 Å². The van der Waals surface area contributed by atoms with Gasteiger partial charge in [-0.05, 0) is 36.6 Å². The van der Waals surface area contributed by atoms with E-state index in [2.05, 4.69) is 10.4 Å². The van der Waals surface area contributed by atoms with Crippen molar-refractivity contribution in [3.63, 3.8) is 0 Å². The largest absolute Gasteiger partial charge is 0.447 e. The molecule has 7 heteroatoms. The number of amides is 2. The minimum atomic E-state index is -1.14. The van der Waals surface area contributed by atoms with Crippen molar-refractivity contribution in [3.05, 3.63) is 101 Å². The van der Waals surface area contributed by atoms with E-state index >= 15 is 0 Å². The summed E-state index contributed by atoms with van der Waals surface area (Å²) < 4.78 is 5.59. The van der Waals surface area contributed by atoms with Crippen LogP contribution in [0.1, 0.15) is 47.6 Å². The number of rotatable bonds is 8. The molecule has 1 N–H and O–H groups in total. The molecule has 0 fully saturated rings. The number of esters is 1. The summed E-state index contributed by atoms with van der Waals surface area (Å²) in [5.74, 6) is -1.33. The molecule has 0 spiro atoms. The SMILES string of the molecule is Cc1ccc(C)c(NC(=O)C(OC(=O)CCC(=O)N2CCC(c3ccccc3)=N2)c2ccccc2)c1. The number of hydrogen-bond donors (Lipinski definition) is 1. The van der Waals surface area contributed by atoms with E-state index in [1.54, 1.807) is 24.3 Å². The number of carbonyl (C=O) groups is 3. The van der Waals surface area contributed by atoms with Crippen LogP contribution in [0.25, 0.3) is 0 Å². The van der Waals surface area contributed by atoms with Gasteiger partial charge in [0.05, 0.1) is 18.7 Å². The number of ether oxygens (including phenoxy) is 1. The lowest BCUT2D eigenvalue weighted by Crippen LogP contribution is -2.27. The molecule has 7 nitrogen and oxygen atoms in total. The summed E-state index contributed by atoms with van der Waals surface area (Å²) in [6.07, 6.45) is -0.673. The Morgan fingerprint density at radius 3 is 2.36 bits per heavy atom. The first-order chi connectivity index (χ1) is 17.4. The van der Waals surface area contributed by atoms with E-state index in [4.69, 9.17) is 4.74 Å². The summed E-state index contributed by atoms with van der Waals surface area (Å²) in [5.41, 5.74) is 4.94. The molecule has 1 aliphatic rings. The Hall–Kier alpha value is -4.26. The van der Waals surface area contributed by atoms with Gasteiger partial charge in [-0.2, -0.15) is 5.10 Å². The van der Waals surface area contributed by atoms with Gasteiger partial charge in [0.15, 0.2) is 0 Å². The second kappa shape index (κ2) is 11.4. The molecule has 3 aromatic carbocycles. The van der Waals surface area contributed by atoms with Crippen LogP contribution in [0, 0.1) is 13.8 Å². The molecule has 0 aliphatic carbocycles. The Kier molecular flexibility index (Phi) is 7.90. The molecular formula is C29H29N3O4. The number of benzene rings is 3. The summed E-state index contributed by atoms with van der Waals surface area (Å²) in [7, 11) is 0.